The first kappa shape index (κ1) is 33.6. The first-order valence-corrected chi connectivity index (χ1v) is 23.1. The molecular formula is C54H34O2P2. The van der Waals surface area contributed by atoms with Crippen molar-refractivity contribution >= 4 is 78.4 Å². The van der Waals surface area contributed by atoms with Gasteiger partial charge in [-0.25, -0.2) is 0 Å². The van der Waals surface area contributed by atoms with Crippen molar-refractivity contribution in [2.75, 3.05) is 0 Å². The Kier molecular flexibility index (Phi) is 7.22. The van der Waals surface area contributed by atoms with E-state index in [0.717, 1.165) is 98.0 Å². The fraction of sp³-hybridized carbons (Fsp3) is 0. The van der Waals surface area contributed by atoms with Crippen LogP contribution >= 0.6 is 14.3 Å². The monoisotopic (exact) mass is 776 g/mol. The van der Waals surface area contributed by atoms with Crippen molar-refractivity contribution in [1.82, 2.24) is 0 Å². The largest absolute Gasteiger partial charge is 0.309 e. The van der Waals surface area contributed by atoms with Gasteiger partial charge < -0.3 is 9.13 Å². The Morgan fingerprint density at radius 2 is 0.655 bits per heavy atom. The van der Waals surface area contributed by atoms with Crippen LogP contribution in [-0.2, 0) is 9.13 Å². The van der Waals surface area contributed by atoms with Crippen LogP contribution < -0.4 is 31.8 Å². The van der Waals surface area contributed by atoms with Crippen molar-refractivity contribution in [3.05, 3.63) is 206 Å². The molecule has 2 atom stereocenters. The molecule has 58 heavy (non-hydrogen) atoms. The van der Waals surface area contributed by atoms with Crippen LogP contribution in [0.2, 0.25) is 0 Å². The highest BCUT2D eigenvalue weighted by Crippen LogP contribution is 2.62. The molecule has 0 saturated carbocycles. The van der Waals surface area contributed by atoms with Crippen LogP contribution in [0, 0.1) is 0 Å². The third kappa shape index (κ3) is 4.51. The molecule has 10 aromatic rings. The molecule has 272 valence electrons. The maximum Gasteiger partial charge on any atom is 0.173 e. The van der Waals surface area contributed by atoms with Crippen molar-refractivity contribution in [2.24, 2.45) is 0 Å². The predicted octanol–water partition coefficient (Wildman–Crippen LogP) is 11.7. The van der Waals surface area contributed by atoms with Crippen LogP contribution in [0.5, 0.6) is 0 Å². The Hall–Kier alpha value is -6.56. The molecule has 0 spiro atoms. The van der Waals surface area contributed by atoms with Crippen molar-refractivity contribution in [3.63, 3.8) is 0 Å². The summed E-state index contributed by atoms with van der Waals surface area (Å²) in [5.41, 5.74) is 7.95. The lowest BCUT2D eigenvalue weighted by atomic mass is 9.90. The SMILES string of the molecule is O=P1(c2ccccc2)c2cc(-c3cccc4ccccc34)ccc2-c2c1c1c(c3ccccc23)-c2ccc(-c3cccc4ccccc34)cc2P1(=O)c1ccccc1. The molecule has 0 N–H and O–H groups in total. The van der Waals surface area contributed by atoms with Crippen molar-refractivity contribution in [1.29, 1.82) is 0 Å². The molecule has 0 bridgehead atoms. The zero-order valence-corrected chi connectivity index (χ0v) is 33.1. The maximum absolute atomic E-state index is 17.1. The Morgan fingerprint density at radius 1 is 0.293 bits per heavy atom. The highest BCUT2D eigenvalue weighted by atomic mass is 31.2. The molecule has 2 heterocycles. The summed E-state index contributed by atoms with van der Waals surface area (Å²) < 4.78 is 34.2. The van der Waals surface area contributed by atoms with E-state index in [-0.39, 0.29) is 0 Å². The summed E-state index contributed by atoms with van der Waals surface area (Å²) in [7, 11) is -7.32. The van der Waals surface area contributed by atoms with E-state index in [0.29, 0.717) is 10.6 Å². The number of fused-ring (bicyclic) bond motifs is 12. The van der Waals surface area contributed by atoms with Crippen molar-refractivity contribution in [3.8, 4) is 44.5 Å². The molecule has 2 aliphatic heterocycles. The number of benzene rings is 10. The van der Waals surface area contributed by atoms with E-state index in [1.165, 1.54) is 0 Å². The van der Waals surface area contributed by atoms with Gasteiger partial charge in [0.25, 0.3) is 0 Å². The third-order valence-corrected chi connectivity index (χ3v) is 18.9. The van der Waals surface area contributed by atoms with E-state index < -0.39 is 14.3 Å². The fourth-order valence-electron chi connectivity index (χ4n) is 9.92. The molecule has 0 saturated heterocycles. The highest BCUT2D eigenvalue weighted by molar-refractivity contribution is 7.92. The lowest BCUT2D eigenvalue weighted by Gasteiger charge is -2.24. The molecule has 2 nitrogen and oxygen atoms in total. The van der Waals surface area contributed by atoms with Gasteiger partial charge in [-0.05, 0) is 77.8 Å². The smallest absolute Gasteiger partial charge is 0.173 e. The molecule has 2 unspecified atom stereocenters. The summed E-state index contributed by atoms with van der Waals surface area (Å²) in [6.07, 6.45) is 0. The van der Waals surface area contributed by atoms with E-state index in [4.69, 9.17) is 0 Å². The summed E-state index contributed by atoms with van der Waals surface area (Å²) in [5.74, 6) is 0. The standard InChI is InChI=1S/C54H34O2P2/c55-57(39-19-3-1-4-20-39)49-33-37(43-27-13-17-35-15-7-9-23-41(35)43)29-31-47(49)51-45-25-11-12-26-46(45)52-48-32-30-38(44-28-14-18-36-16-8-10-24-42(36)44)34-50(48)58(56,54(52)53(51)57)40-21-5-2-6-22-40/h1-34H. The molecule has 0 amide bonds. The fourth-order valence-corrected chi connectivity index (χ4v) is 17.1. The molecule has 4 heteroatoms. The lowest BCUT2D eigenvalue weighted by molar-refractivity contribution is 0.591. The summed E-state index contributed by atoms with van der Waals surface area (Å²) >= 11 is 0. The van der Waals surface area contributed by atoms with Gasteiger partial charge in [0.15, 0.2) is 14.3 Å². The van der Waals surface area contributed by atoms with E-state index in [1.807, 2.05) is 60.7 Å². The van der Waals surface area contributed by atoms with Crippen LogP contribution in [0.25, 0.3) is 76.8 Å². The molecule has 2 aliphatic rings. The Balaban J connectivity index is 1.21. The van der Waals surface area contributed by atoms with Crippen LogP contribution in [0.15, 0.2) is 206 Å². The molecule has 0 aromatic heterocycles. The van der Waals surface area contributed by atoms with Gasteiger partial charge in [0.1, 0.15) is 0 Å². The van der Waals surface area contributed by atoms with Gasteiger partial charge in [0.05, 0.1) is 0 Å². The Labute approximate surface area is 336 Å². The summed E-state index contributed by atoms with van der Waals surface area (Å²) in [6, 6.07) is 71.0. The molecule has 0 fully saturated rings. The Morgan fingerprint density at radius 3 is 1.09 bits per heavy atom. The third-order valence-electron chi connectivity index (χ3n) is 12.4. The second-order valence-corrected chi connectivity index (χ2v) is 20.7. The summed E-state index contributed by atoms with van der Waals surface area (Å²) in [6.45, 7) is 0. The molecular weight excluding hydrogens is 743 g/mol. The van der Waals surface area contributed by atoms with Crippen LogP contribution in [0.1, 0.15) is 0 Å². The first-order chi connectivity index (χ1) is 28.5. The number of rotatable bonds is 4. The highest BCUT2D eigenvalue weighted by Gasteiger charge is 2.52. The van der Waals surface area contributed by atoms with Gasteiger partial charge in [-0.1, -0.05) is 194 Å². The second kappa shape index (κ2) is 12.5. The minimum atomic E-state index is -3.66. The summed E-state index contributed by atoms with van der Waals surface area (Å²) in [5, 5.41) is 11.2. The first-order valence-electron chi connectivity index (χ1n) is 19.7. The molecule has 0 radical (unpaired) electrons. The van der Waals surface area contributed by atoms with Gasteiger partial charge in [0, 0.05) is 43.0 Å². The van der Waals surface area contributed by atoms with Gasteiger partial charge >= 0.3 is 0 Å². The zero-order valence-electron chi connectivity index (χ0n) is 31.3. The number of hydrogen-bond acceptors (Lipinski definition) is 2. The Bertz CT molecular complexity index is 3220. The minimum Gasteiger partial charge on any atom is -0.309 e. The topological polar surface area (TPSA) is 34.1 Å². The predicted molar refractivity (Wildman–Crippen MR) is 247 cm³/mol. The van der Waals surface area contributed by atoms with Crippen molar-refractivity contribution < 1.29 is 9.13 Å². The van der Waals surface area contributed by atoms with Gasteiger partial charge in [-0.3, -0.25) is 0 Å². The molecule has 0 aliphatic carbocycles. The van der Waals surface area contributed by atoms with Crippen molar-refractivity contribution in [2.45, 2.75) is 0 Å². The van der Waals surface area contributed by atoms with Gasteiger partial charge in [-0.2, -0.15) is 0 Å². The van der Waals surface area contributed by atoms with E-state index in [1.54, 1.807) is 0 Å². The lowest BCUT2D eigenvalue weighted by Crippen LogP contribution is -2.35. The normalized spacial score (nSPS) is 17.6. The molecule has 12 rings (SSSR count). The van der Waals surface area contributed by atoms with E-state index in [9.17, 15) is 0 Å². The second-order valence-electron chi connectivity index (χ2n) is 15.4. The average molecular weight is 777 g/mol. The van der Waals surface area contributed by atoms with Crippen LogP contribution in [0.3, 0.4) is 0 Å². The van der Waals surface area contributed by atoms with E-state index in [2.05, 4.69) is 146 Å². The average Bonchev–Trinajstić information content (AvgIpc) is 3.72. The van der Waals surface area contributed by atoms with Crippen LogP contribution in [0.4, 0.5) is 0 Å². The van der Waals surface area contributed by atoms with Gasteiger partial charge in [0.2, 0.25) is 0 Å². The van der Waals surface area contributed by atoms with Gasteiger partial charge in [-0.15, -0.1) is 0 Å². The quantitative estimate of drug-likeness (QED) is 0.167. The number of hydrogen-bond donors (Lipinski definition) is 0. The minimum absolute atomic E-state index is 0.715. The molecule has 10 aromatic carbocycles. The maximum atomic E-state index is 17.1. The van der Waals surface area contributed by atoms with Crippen LogP contribution in [-0.4, -0.2) is 0 Å². The van der Waals surface area contributed by atoms with E-state index >= 15 is 9.13 Å². The summed E-state index contributed by atoms with van der Waals surface area (Å²) in [4.78, 5) is 0. The zero-order chi connectivity index (χ0) is 38.6.